The molecule has 0 aliphatic carbocycles. The van der Waals surface area contributed by atoms with E-state index in [9.17, 15) is 9.90 Å². The van der Waals surface area contributed by atoms with Crippen LogP contribution in [0.3, 0.4) is 0 Å². The largest absolute Gasteiger partial charge is 0.478 e. The van der Waals surface area contributed by atoms with E-state index in [0.29, 0.717) is 5.57 Å². The molecule has 0 atom stereocenters. The molecule has 0 saturated carbocycles. The summed E-state index contributed by atoms with van der Waals surface area (Å²) in [6, 6.07) is 11.5. The first kappa shape index (κ1) is 11.6. The average molecular weight is 244 g/mol. The van der Waals surface area contributed by atoms with Crippen molar-refractivity contribution in [1.29, 1.82) is 0 Å². The Balaban J connectivity index is 2.40. The van der Waals surface area contributed by atoms with Crippen LogP contribution in [0.5, 0.6) is 0 Å². The van der Waals surface area contributed by atoms with Gasteiger partial charge in [-0.25, -0.2) is 4.79 Å². The Morgan fingerprint density at radius 2 is 1.94 bits per heavy atom. The lowest BCUT2D eigenvalue weighted by Gasteiger charge is -2.00. The first-order valence-corrected chi connectivity index (χ1v) is 6.10. The number of aryl methyl sites for hydroxylation is 1. The number of benzene rings is 1. The summed E-state index contributed by atoms with van der Waals surface area (Å²) in [6.45, 7) is 2.00. The second kappa shape index (κ2) is 4.97. The molecular weight excluding hydrogens is 232 g/mol. The van der Waals surface area contributed by atoms with E-state index in [1.54, 1.807) is 6.08 Å². The third-order valence-electron chi connectivity index (χ3n) is 2.41. The number of hydrogen-bond acceptors (Lipinski definition) is 2. The summed E-state index contributed by atoms with van der Waals surface area (Å²) in [5.74, 6) is -0.895. The Morgan fingerprint density at radius 3 is 2.47 bits per heavy atom. The molecule has 1 N–H and O–H groups in total. The van der Waals surface area contributed by atoms with Crippen molar-refractivity contribution in [2.45, 2.75) is 6.92 Å². The molecule has 1 heterocycles. The third-order valence-corrected chi connectivity index (χ3v) is 3.31. The predicted molar refractivity (Wildman–Crippen MR) is 71.0 cm³/mol. The second-order valence-electron chi connectivity index (χ2n) is 3.75. The number of aliphatic carboxylic acids is 1. The molecule has 0 amide bonds. The molecular formula is C14H12O2S. The van der Waals surface area contributed by atoms with Crippen molar-refractivity contribution in [3.8, 4) is 0 Å². The number of carboxylic acids is 1. The van der Waals surface area contributed by atoms with Gasteiger partial charge in [-0.15, -0.1) is 11.3 Å². The maximum atomic E-state index is 11.2. The van der Waals surface area contributed by atoms with E-state index in [4.69, 9.17) is 0 Å². The van der Waals surface area contributed by atoms with Crippen LogP contribution in [-0.4, -0.2) is 11.1 Å². The fraction of sp³-hybridized carbons (Fsp3) is 0.0714. The summed E-state index contributed by atoms with van der Waals surface area (Å²) in [4.78, 5) is 12.0. The van der Waals surface area contributed by atoms with Crippen molar-refractivity contribution in [3.05, 3.63) is 57.8 Å². The van der Waals surface area contributed by atoms with Gasteiger partial charge in [-0.3, -0.25) is 0 Å². The molecule has 86 valence electrons. The van der Waals surface area contributed by atoms with E-state index >= 15 is 0 Å². The maximum absolute atomic E-state index is 11.2. The van der Waals surface area contributed by atoms with Crippen molar-refractivity contribution >= 4 is 29.0 Å². The highest BCUT2D eigenvalue weighted by Gasteiger charge is 2.10. The molecule has 0 aliphatic rings. The maximum Gasteiger partial charge on any atom is 0.337 e. The Morgan fingerprint density at radius 1 is 1.24 bits per heavy atom. The Bertz CT molecular complexity index is 536. The lowest BCUT2D eigenvalue weighted by Crippen LogP contribution is -1.97. The Labute approximate surface area is 104 Å². The molecule has 1 aromatic carbocycles. The molecule has 2 nitrogen and oxygen atoms in total. The number of hydrogen-bond donors (Lipinski definition) is 1. The van der Waals surface area contributed by atoms with Gasteiger partial charge < -0.3 is 5.11 Å². The predicted octanol–water partition coefficient (Wildman–Crippen LogP) is 3.68. The summed E-state index contributed by atoms with van der Waals surface area (Å²) in [6.07, 6.45) is 1.70. The monoisotopic (exact) mass is 244 g/mol. The molecule has 17 heavy (non-hydrogen) atoms. The van der Waals surface area contributed by atoms with Crippen LogP contribution in [0.15, 0.2) is 41.8 Å². The van der Waals surface area contributed by atoms with Gasteiger partial charge in [-0.1, -0.05) is 35.9 Å². The average Bonchev–Trinajstić information content (AvgIpc) is 2.81. The van der Waals surface area contributed by atoms with Crippen molar-refractivity contribution in [3.63, 3.8) is 0 Å². The third kappa shape index (κ3) is 2.82. The minimum Gasteiger partial charge on any atom is -0.478 e. The van der Waals surface area contributed by atoms with E-state index in [1.807, 2.05) is 48.7 Å². The zero-order valence-electron chi connectivity index (χ0n) is 9.38. The van der Waals surface area contributed by atoms with Gasteiger partial charge in [0.05, 0.1) is 5.57 Å². The highest BCUT2D eigenvalue weighted by molar-refractivity contribution is 7.11. The lowest BCUT2D eigenvalue weighted by atomic mass is 10.1. The van der Waals surface area contributed by atoms with E-state index < -0.39 is 5.97 Å². The van der Waals surface area contributed by atoms with Crippen LogP contribution in [0.1, 0.15) is 16.0 Å². The molecule has 2 rings (SSSR count). The molecule has 0 spiro atoms. The van der Waals surface area contributed by atoms with E-state index in [1.165, 1.54) is 11.3 Å². The number of carboxylic acid groups (broad SMARTS) is 1. The molecule has 3 heteroatoms. The SMILES string of the molecule is Cc1ccc(/C=C(/C(=O)O)c2cccs2)cc1. The van der Waals surface area contributed by atoms with Gasteiger partial charge in [0.25, 0.3) is 0 Å². The molecule has 0 bridgehead atoms. The topological polar surface area (TPSA) is 37.3 Å². The second-order valence-corrected chi connectivity index (χ2v) is 4.70. The minimum atomic E-state index is -0.895. The van der Waals surface area contributed by atoms with Crippen LogP contribution >= 0.6 is 11.3 Å². The molecule has 0 aliphatic heterocycles. The summed E-state index contributed by atoms with van der Waals surface area (Å²) in [5, 5.41) is 11.1. The first-order valence-electron chi connectivity index (χ1n) is 5.22. The highest BCUT2D eigenvalue weighted by atomic mass is 32.1. The molecule has 1 aromatic heterocycles. The lowest BCUT2D eigenvalue weighted by molar-refractivity contribution is -0.130. The van der Waals surface area contributed by atoms with Gasteiger partial charge in [0.1, 0.15) is 0 Å². The van der Waals surface area contributed by atoms with Crippen LogP contribution in [0.4, 0.5) is 0 Å². The van der Waals surface area contributed by atoms with Crippen LogP contribution in [0.25, 0.3) is 11.6 Å². The molecule has 0 unspecified atom stereocenters. The summed E-state index contributed by atoms with van der Waals surface area (Å²) in [5.41, 5.74) is 2.40. The number of rotatable bonds is 3. The normalized spacial score (nSPS) is 11.5. The smallest absolute Gasteiger partial charge is 0.337 e. The quantitative estimate of drug-likeness (QED) is 0.836. The van der Waals surface area contributed by atoms with Gasteiger partial charge in [-0.2, -0.15) is 0 Å². The van der Waals surface area contributed by atoms with E-state index in [-0.39, 0.29) is 0 Å². The number of thiophene rings is 1. The van der Waals surface area contributed by atoms with Crippen LogP contribution in [0, 0.1) is 6.92 Å². The standard InChI is InChI=1S/C14H12O2S/c1-10-4-6-11(7-5-10)9-12(14(15)16)13-3-2-8-17-13/h2-9H,1H3,(H,15,16)/b12-9+. The van der Waals surface area contributed by atoms with E-state index in [2.05, 4.69) is 0 Å². The van der Waals surface area contributed by atoms with Crippen molar-refractivity contribution in [2.75, 3.05) is 0 Å². The first-order chi connectivity index (χ1) is 8.16. The van der Waals surface area contributed by atoms with Crippen molar-refractivity contribution < 1.29 is 9.90 Å². The van der Waals surface area contributed by atoms with Gasteiger partial charge >= 0.3 is 5.97 Å². The summed E-state index contributed by atoms with van der Waals surface area (Å²) < 4.78 is 0. The fourth-order valence-corrected chi connectivity index (χ4v) is 2.23. The molecule has 0 fully saturated rings. The molecule has 0 radical (unpaired) electrons. The van der Waals surface area contributed by atoms with Gasteiger partial charge in [-0.05, 0) is 30.0 Å². The van der Waals surface area contributed by atoms with Crippen molar-refractivity contribution in [2.24, 2.45) is 0 Å². The van der Waals surface area contributed by atoms with Crippen molar-refractivity contribution in [1.82, 2.24) is 0 Å². The van der Waals surface area contributed by atoms with E-state index in [0.717, 1.165) is 16.0 Å². The Kier molecular flexibility index (Phi) is 3.40. The molecule has 0 saturated heterocycles. The van der Waals surface area contributed by atoms with Crippen LogP contribution in [0.2, 0.25) is 0 Å². The fourth-order valence-electron chi connectivity index (χ4n) is 1.50. The van der Waals surface area contributed by atoms with Gasteiger partial charge in [0.15, 0.2) is 0 Å². The van der Waals surface area contributed by atoms with Gasteiger partial charge in [0, 0.05) is 4.88 Å². The van der Waals surface area contributed by atoms with Gasteiger partial charge in [0.2, 0.25) is 0 Å². The number of carbonyl (C=O) groups is 1. The Hall–Kier alpha value is -1.87. The zero-order chi connectivity index (χ0) is 12.3. The van der Waals surface area contributed by atoms with Crippen LogP contribution in [-0.2, 0) is 4.79 Å². The summed E-state index contributed by atoms with van der Waals surface area (Å²) >= 11 is 1.43. The zero-order valence-corrected chi connectivity index (χ0v) is 10.2. The van der Waals surface area contributed by atoms with Crippen LogP contribution < -0.4 is 0 Å². The highest BCUT2D eigenvalue weighted by Crippen LogP contribution is 2.23. The minimum absolute atomic E-state index is 0.337. The summed E-state index contributed by atoms with van der Waals surface area (Å²) in [7, 11) is 0. The molecule has 2 aromatic rings.